The van der Waals surface area contributed by atoms with Gasteiger partial charge >= 0.3 is 13.8 Å². The molecule has 0 heterocycles. The van der Waals surface area contributed by atoms with E-state index >= 15 is 0 Å². The zero-order chi connectivity index (χ0) is 40.3. The lowest BCUT2D eigenvalue weighted by Crippen LogP contribution is -2.29. The number of phosphoric ester groups is 1. The minimum atomic E-state index is -4.52. The number of allylic oxidation sites excluding steroid dienone is 4. The van der Waals surface area contributed by atoms with E-state index < -0.39 is 33.2 Å². The smallest absolute Gasteiger partial charge is 0.457 e. The highest BCUT2D eigenvalue weighted by atomic mass is 31.2. The normalized spacial score (nSPS) is 14.2. The van der Waals surface area contributed by atoms with Crippen LogP contribution in [0.2, 0.25) is 0 Å². The summed E-state index contributed by atoms with van der Waals surface area (Å²) in [6, 6.07) is 0. The number of hydrogen-bond acceptors (Lipinski definition) is 8. The molecule has 326 valence electrons. The maximum absolute atomic E-state index is 12.6. The number of unbranched alkanes of at least 4 members (excludes halogenated alkanes) is 26. The number of aliphatic hydroxyl groups excluding tert-OH is 2. The molecule has 0 rings (SSSR count). The predicted molar refractivity (Wildman–Crippen MR) is 228 cm³/mol. The maximum atomic E-state index is 12.6. The summed E-state index contributed by atoms with van der Waals surface area (Å²) in [7, 11) is -4.52. The lowest BCUT2D eigenvalue weighted by Gasteiger charge is -2.20. The fraction of sp³-hybridized carbons (Fsp3) is 0.889. The minimum absolute atomic E-state index is 0.0470. The highest BCUT2D eigenvalue weighted by Crippen LogP contribution is 2.43. The van der Waals surface area contributed by atoms with E-state index in [2.05, 4.69) is 38.2 Å². The first kappa shape index (κ1) is 53.9. The highest BCUT2D eigenvalue weighted by Gasteiger charge is 2.26. The molecule has 0 bridgehead atoms. The van der Waals surface area contributed by atoms with Gasteiger partial charge in [-0.2, -0.15) is 0 Å². The molecule has 3 unspecified atom stereocenters. The van der Waals surface area contributed by atoms with Gasteiger partial charge in [0.2, 0.25) is 0 Å². The van der Waals surface area contributed by atoms with Crippen LogP contribution < -0.4 is 0 Å². The van der Waals surface area contributed by atoms with Gasteiger partial charge in [0.25, 0.3) is 0 Å². The number of aliphatic hydroxyl groups is 2. The van der Waals surface area contributed by atoms with Crippen LogP contribution >= 0.6 is 7.82 Å². The number of carbonyl (C=O) groups excluding carboxylic acids is 1. The number of carbonyl (C=O) groups is 1. The van der Waals surface area contributed by atoms with Crippen LogP contribution in [0.1, 0.15) is 213 Å². The summed E-state index contributed by atoms with van der Waals surface area (Å²) < 4.78 is 33.4. The van der Waals surface area contributed by atoms with Gasteiger partial charge in [-0.05, 0) is 64.2 Å². The molecule has 3 atom stereocenters. The van der Waals surface area contributed by atoms with Crippen LogP contribution in [-0.2, 0) is 27.9 Å². The Morgan fingerprint density at radius 3 is 1.36 bits per heavy atom. The van der Waals surface area contributed by atoms with Crippen molar-refractivity contribution >= 4 is 13.8 Å². The van der Waals surface area contributed by atoms with E-state index in [0.717, 1.165) is 44.9 Å². The Kier molecular flexibility index (Phi) is 41.7. The van der Waals surface area contributed by atoms with Crippen molar-refractivity contribution < 1.29 is 43.0 Å². The standard InChI is InChI=1S/C45H87O9P/c1-3-5-7-9-11-13-15-17-19-20-21-22-23-25-27-29-31-33-35-37-45(48)54-44(42-53-55(49,50)52-40-43(47)39-46)41-51-38-36-34-32-30-28-26-24-18-16-14-12-10-8-6-4-2/h16-19,43-44,46-47H,3-15,20-42H2,1-2H3,(H,49,50)/b18-16-,19-17-. The fourth-order valence-electron chi connectivity index (χ4n) is 6.35. The van der Waals surface area contributed by atoms with Crippen LogP contribution in [0.4, 0.5) is 0 Å². The van der Waals surface area contributed by atoms with Gasteiger partial charge in [0.1, 0.15) is 12.2 Å². The van der Waals surface area contributed by atoms with Gasteiger partial charge in [0.15, 0.2) is 0 Å². The molecular formula is C45H87O9P. The summed E-state index contributed by atoms with van der Waals surface area (Å²) >= 11 is 0. The van der Waals surface area contributed by atoms with Crippen LogP contribution in [0, 0.1) is 0 Å². The minimum Gasteiger partial charge on any atom is -0.457 e. The molecule has 0 spiro atoms. The summed E-state index contributed by atoms with van der Waals surface area (Å²) in [6.07, 6.45) is 44.2. The van der Waals surface area contributed by atoms with Gasteiger partial charge < -0.3 is 24.6 Å². The Labute approximate surface area is 338 Å². The molecule has 3 N–H and O–H groups in total. The van der Waals surface area contributed by atoms with E-state index in [-0.39, 0.29) is 25.6 Å². The van der Waals surface area contributed by atoms with Crippen molar-refractivity contribution in [3.8, 4) is 0 Å². The molecule has 0 radical (unpaired) electrons. The number of hydrogen-bond donors (Lipinski definition) is 3. The summed E-state index contributed by atoms with van der Waals surface area (Å²) in [5, 5.41) is 18.4. The average Bonchev–Trinajstić information content (AvgIpc) is 3.18. The first-order valence-electron chi connectivity index (χ1n) is 22.8. The zero-order valence-corrected chi connectivity index (χ0v) is 36.6. The first-order valence-corrected chi connectivity index (χ1v) is 24.3. The summed E-state index contributed by atoms with van der Waals surface area (Å²) in [5.41, 5.74) is 0. The van der Waals surface area contributed by atoms with Crippen LogP contribution in [0.25, 0.3) is 0 Å². The third kappa shape index (κ3) is 42.4. The molecule has 0 aliphatic carbocycles. The largest absolute Gasteiger partial charge is 0.472 e. The number of ether oxygens (including phenoxy) is 2. The van der Waals surface area contributed by atoms with E-state index in [0.29, 0.717) is 6.61 Å². The van der Waals surface area contributed by atoms with Crippen molar-refractivity contribution in [2.24, 2.45) is 0 Å². The van der Waals surface area contributed by atoms with E-state index in [4.69, 9.17) is 23.6 Å². The van der Waals surface area contributed by atoms with Gasteiger partial charge in [-0.1, -0.05) is 167 Å². The van der Waals surface area contributed by atoms with E-state index in [1.165, 1.54) is 148 Å². The second-order valence-electron chi connectivity index (χ2n) is 15.4. The monoisotopic (exact) mass is 803 g/mol. The quantitative estimate of drug-likeness (QED) is 0.0238. The molecule has 0 aliphatic heterocycles. The van der Waals surface area contributed by atoms with Gasteiger partial charge in [-0.3, -0.25) is 13.8 Å². The number of rotatable bonds is 44. The van der Waals surface area contributed by atoms with Crippen molar-refractivity contribution in [2.75, 3.05) is 33.0 Å². The van der Waals surface area contributed by atoms with Crippen molar-refractivity contribution in [2.45, 2.75) is 225 Å². The SMILES string of the molecule is CCCCCCC/C=C\CCCCCCCCOCC(COP(=O)(O)OCC(O)CO)OC(=O)CCCCCCCCCCC/C=C\CCCCCCCC. The van der Waals surface area contributed by atoms with E-state index in [9.17, 15) is 19.4 Å². The van der Waals surface area contributed by atoms with Crippen LogP contribution in [0.5, 0.6) is 0 Å². The third-order valence-corrected chi connectivity index (χ3v) is 10.8. The average molecular weight is 803 g/mol. The van der Waals surface area contributed by atoms with Crippen LogP contribution in [-0.4, -0.2) is 66.3 Å². The number of phosphoric acid groups is 1. The Bertz CT molecular complexity index is 913. The van der Waals surface area contributed by atoms with Crippen molar-refractivity contribution in [3.05, 3.63) is 24.3 Å². The summed E-state index contributed by atoms with van der Waals surface area (Å²) in [4.78, 5) is 22.6. The first-order chi connectivity index (χ1) is 26.8. The van der Waals surface area contributed by atoms with Crippen molar-refractivity contribution in [1.82, 2.24) is 0 Å². The van der Waals surface area contributed by atoms with Gasteiger partial charge in [0.05, 0.1) is 26.4 Å². The van der Waals surface area contributed by atoms with Gasteiger partial charge in [-0.15, -0.1) is 0 Å². The molecule has 55 heavy (non-hydrogen) atoms. The molecule has 9 nitrogen and oxygen atoms in total. The Hall–Kier alpha value is -1.06. The molecule has 0 fully saturated rings. The molecule has 10 heteroatoms. The second kappa shape index (κ2) is 42.5. The van der Waals surface area contributed by atoms with Crippen LogP contribution in [0.15, 0.2) is 24.3 Å². The maximum Gasteiger partial charge on any atom is 0.472 e. The molecule has 0 aliphatic rings. The summed E-state index contributed by atoms with van der Waals surface area (Å²) in [6.45, 7) is 3.52. The Balaban J connectivity index is 4.13. The van der Waals surface area contributed by atoms with Crippen LogP contribution in [0.3, 0.4) is 0 Å². The van der Waals surface area contributed by atoms with E-state index in [1.807, 2.05) is 0 Å². The molecule has 0 amide bonds. The molecule has 0 saturated heterocycles. The van der Waals surface area contributed by atoms with Crippen molar-refractivity contribution in [1.29, 1.82) is 0 Å². The topological polar surface area (TPSA) is 132 Å². The van der Waals surface area contributed by atoms with E-state index in [1.54, 1.807) is 0 Å². The fourth-order valence-corrected chi connectivity index (χ4v) is 7.13. The van der Waals surface area contributed by atoms with Gasteiger partial charge in [0, 0.05) is 13.0 Å². The molecule has 0 aromatic carbocycles. The lowest BCUT2D eigenvalue weighted by molar-refractivity contribution is -0.154. The third-order valence-electron chi connectivity index (χ3n) is 9.86. The van der Waals surface area contributed by atoms with Gasteiger partial charge in [-0.25, -0.2) is 4.57 Å². The number of esters is 1. The Morgan fingerprint density at radius 1 is 0.545 bits per heavy atom. The molecule has 0 aromatic rings. The molecule has 0 aromatic heterocycles. The second-order valence-corrected chi connectivity index (χ2v) is 16.9. The van der Waals surface area contributed by atoms with Crippen molar-refractivity contribution in [3.63, 3.8) is 0 Å². The highest BCUT2D eigenvalue weighted by molar-refractivity contribution is 7.47. The zero-order valence-electron chi connectivity index (χ0n) is 35.7. The predicted octanol–water partition coefficient (Wildman–Crippen LogP) is 12.6. The lowest BCUT2D eigenvalue weighted by atomic mass is 10.1. The molecule has 0 saturated carbocycles. The Morgan fingerprint density at radius 2 is 0.927 bits per heavy atom. The summed E-state index contributed by atoms with van der Waals surface area (Å²) in [5.74, 6) is -0.385. The molecular weight excluding hydrogens is 715 g/mol.